The van der Waals surface area contributed by atoms with Crippen LogP contribution in [0.15, 0.2) is 65.1 Å². The molecule has 0 saturated heterocycles. The van der Waals surface area contributed by atoms with Gasteiger partial charge < -0.3 is 9.32 Å². The van der Waals surface area contributed by atoms with Gasteiger partial charge in [-0.2, -0.15) is 0 Å². The molecule has 2 aromatic carbocycles. The third-order valence-electron chi connectivity index (χ3n) is 3.47. The van der Waals surface area contributed by atoms with Gasteiger partial charge in [-0.1, -0.05) is 36.4 Å². The molecule has 0 fully saturated rings. The summed E-state index contributed by atoms with van der Waals surface area (Å²) >= 11 is 0. The highest BCUT2D eigenvalue weighted by Crippen LogP contribution is 2.23. The molecule has 0 saturated carbocycles. The summed E-state index contributed by atoms with van der Waals surface area (Å²) in [6.07, 6.45) is 0. The summed E-state index contributed by atoms with van der Waals surface area (Å²) in [6, 6.07) is 19.0. The Morgan fingerprint density at radius 3 is 2.23 bits per heavy atom. The zero-order valence-corrected chi connectivity index (χ0v) is 12.5. The van der Waals surface area contributed by atoms with Gasteiger partial charge in [0.05, 0.1) is 0 Å². The van der Waals surface area contributed by atoms with Crippen molar-refractivity contribution >= 4 is 11.6 Å². The van der Waals surface area contributed by atoms with Crippen molar-refractivity contribution in [1.82, 2.24) is 4.98 Å². The standard InChI is InChI=1S/C18H16N2O2/c1-13-16(18(21)20(2)15-11-7-4-8-12-15)19-17(22-13)14-9-5-3-6-10-14/h3-12H,1-2H3. The van der Waals surface area contributed by atoms with E-state index >= 15 is 0 Å². The van der Waals surface area contributed by atoms with Crippen LogP contribution in [0, 0.1) is 6.92 Å². The SMILES string of the molecule is Cc1oc(-c2ccccc2)nc1C(=O)N(C)c1ccccc1. The molecule has 3 aromatic rings. The Balaban J connectivity index is 1.92. The highest BCUT2D eigenvalue weighted by atomic mass is 16.4. The van der Waals surface area contributed by atoms with E-state index in [0.29, 0.717) is 17.3 Å². The molecule has 0 N–H and O–H groups in total. The van der Waals surface area contributed by atoms with Crippen LogP contribution in [-0.4, -0.2) is 17.9 Å². The lowest BCUT2D eigenvalue weighted by Gasteiger charge is -2.15. The van der Waals surface area contributed by atoms with Crippen molar-refractivity contribution in [2.45, 2.75) is 6.92 Å². The predicted octanol–water partition coefficient (Wildman–Crippen LogP) is 3.93. The van der Waals surface area contributed by atoms with Crippen LogP contribution in [0.5, 0.6) is 0 Å². The van der Waals surface area contributed by atoms with Crippen molar-refractivity contribution in [3.05, 3.63) is 72.1 Å². The molecule has 1 amide bonds. The number of rotatable bonds is 3. The smallest absolute Gasteiger partial charge is 0.280 e. The number of carbonyl (C=O) groups excluding carboxylic acids is 1. The van der Waals surface area contributed by atoms with E-state index in [9.17, 15) is 4.79 Å². The minimum absolute atomic E-state index is 0.186. The molecule has 0 atom stereocenters. The fourth-order valence-electron chi connectivity index (χ4n) is 2.23. The Hall–Kier alpha value is -2.88. The van der Waals surface area contributed by atoms with Crippen LogP contribution in [-0.2, 0) is 0 Å². The fraction of sp³-hybridized carbons (Fsp3) is 0.111. The average Bonchev–Trinajstić information content (AvgIpc) is 2.97. The number of oxazole rings is 1. The summed E-state index contributed by atoms with van der Waals surface area (Å²) in [5, 5.41) is 0. The molecule has 0 aliphatic carbocycles. The summed E-state index contributed by atoms with van der Waals surface area (Å²) in [6.45, 7) is 1.76. The average molecular weight is 292 g/mol. The van der Waals surface area contributed by atoms with Crippen molar-refractivity contribution in [1.29, 1.82) is 0 Å². The minimum Gasteiger partial charge on any atom is -0.441 e. The van der Waals surface area contributed by atoms with Crippen molar-refractivity contribution in [2.75, 3.05) is 11.9 Å². The monoisotopic (exact) mass is 292 g/mol. The first-order valence-corrected chi connectivity index (χ1v) is 7.03. The number of benzene rings is 2. The van der Waals surface area contributed by atoms with Crippen molar-refractivity contribution in [3.63, 3.8) is 0 Å². The molecule has 0 aliphatic rings. The van der Waals surface area contributed by atoms with E-state index in [1.165, 1.54) is 0 Å². The van der Waals surface area contributed by atoms with E-state index in [-0.39, 0.29) is 5.91 Å². The maximum Gasteiger partial charge on any atom is 0.280 e. The lowest BCUT2D eigenvalue weighted by Crippen LogP contribution is -2.27. The first-order valence-electron chi connectivity index (χ1n) is 7.03. The van der Waals surface area contributed by atoms with E-state index in [1.54, 1.807) is 18.9 Å². The van der Waals surface area contributed by atoms with Crippen LogP contribution in [0.4, 0.5) is 5.69 Å². The van der Waals surface area contributed by atoms with E-state index in [2.05, 4.69) is 4.98 Å². The number of nitrogens with zero attached hydrogens (tertiary/aromatic N) is 2. The molecule has 4 nitrogen and oxygen atoms in total. The number of anilines is 1. The Labute approximate surface area is 129 Å². The molecule has 3 rings (SSSR count). The zero-order chi connectivity index (χ0) is 15.5. The third-order valence-corrected chi connectivity index (χ3v) is 3.47. The third kappa shape index (κ3) is 2.63. The van der Waals surface area contributed by atoms with Gasteiger partial charge in [-0.05, 0) is 31.2 Å². The van der Waals surface area contributed by atoms with Crippen LogP contribution in [0.2, 0.25) is 0 Å². The molecule has 4 heteroatoms. The van der Waals surface area contributed by atoms with Gasteiger partial charge in [0.1, 0.15) is 5.76 Å². The van der Waals surface area contributed by atoms with E-state index in [4.69, 9.17) is 4.42 Å². The molecule has 22 heavy (non-hydrogen) atoms. The lowest BCUT2D eigenvalue weighted by atomic mass is 10.2. The van der Waals surface area contributed by atoms with Crippen LogP contribution in [0.3, 0.4) is 0 Å². The van der Waals surface area contributed by atoms with Gasteiger partial charge in [-0.25, -0.2) is 4.98 Å². The number of para-hydroxylation sites is 1. The molecular weight excluding hydrogens is 276 g/mol. The Morgan fingerprint density at radius 1 is 1.00 bits per heavy atom. The van der Waals surface area contributed by atoms with Crippen LogP contribution >= 0.6 is 0 Å². The normalized spacial score (nSPS) is 10.5. The summed E-state index contributed by atoms with van der Waals surface area (Å²) in [5.41, 5.74) is 2.01. The van der Waals surface area contributed by atoms with Gasteiger partial charge in [0, 0.05) is 18.3 Å². The number of carbonyl (C=O) groups is 1. The molecule has 1 aromatic heterocycles. The molecule has 0 bridgehead atoms. The largest absolute Gasteiger partial charge is 0.441 e. The lowest BCUT2D eigenvalue weighted by molar-refractivity contribution is 0.0987. The number of amides is 1. The predicted molar refractivity (Wildman–Crippen MR) is 85.9 cm³/mol. The molecule has 0 radical (unpaired) electrons. The summed E-state index contributed by atoms with van der Waals surface area (Å²) in [4.78, 5) is 18.6. The number of aromatic nitrogens is 1. The zero-order valence-electron chi connectivity index (χ0n) is 12.5. The Kier molecular flexibility index (Phi) is 3.74. The highest BCUT2D eigenvalue weighted by molar-refractivity contribution is 6.05. The summed E-state index contributed by atoms with van der Waals surface area (Å²) in [5.74, 6) is 0.796. The van der Waals surface area contributed by atoms with E-state index in [0.717, 1.165) is 11.3 Å². The first kappa shape index (κ1) is 14.1. The van der Waals surface area contributed by atoms with Crippen LogP contribution in [0.25, 0.3) is 11.5 Å². The Morgan fingerprint density at radius 2 is 1.59 bits per heavy atom. The molecule has 110 valence electrons. The second kappa shape index (κ2) is 5.85. The van der Waals surface area contributed by atoms with Gasteiger partial charge in [0.15, 0.2) is 5.69 Å². The highest BCUT2D eigenvalue weighted by Gasteiger charge is 2.22. The summed E-state index contributed by atoms with van der Waals surface area (Å²) < 4.78 is 5.65. The second-order valence-electron chi connectivity index (χ2n) is 4.99. The van der Waals surface area contributed by atoms with Crippen LogP contribution in [0.1, 0.15) is 16.2 Å². The molecule has 0 spiro atoms. The fourth-order valence-corrected chi connectivity index (χ4v) is 2.23. The van der Waals surface area contributed by atoms with Gasteiger partial charge in [0.25, 0.3) is 5.91 Å². The quantitative estimate of drug-likeness (QED) is 0.735. The van der Waals surface area contributed by atoms with Crippen molar-refractivity contribution in [3.8, 4) is 11.5 Å². The molecular formula is C18H16N2O2. The Bertz CT molecular complexity index is 779. The minimum atomic E-state index is -0.186. The van der Waals surface area contributed by atoms with Crippen LogP contribution < -0.4 is 4.90 Å². The van der Waals surface area contributed by atoms with Gasteiger partial charge >= 0.3 is 0 Å². The molecule has 0 unspecified atom stereocenters. The van der Waals surface area contributed by atoms with E-state index in [1.807, 2.05) is 60.7 Å². The maximum atomic E-state index is 12.6. The van der Waals surface area contributed by atoms with Crippen molar-refractivity contribution < 1.29 is 9.21 Å². The number of hydrogen-bond acceptors (Lipinski definition) is 3. The maximum absolute atomic E-state index is 12.6. The first-order chi connectivity index (χ1) is 10.7. The number of aryl methyl sites for hydroxylation is 1. The topological polar surface area (TPSA) is 46.3 Å². The van der Waals surface area contributed by atoms with Gasteiger partial charge in [-0.3, -0.25) is 4.79 Å². The van der Waals surface area contributed by atoms with Gasteiger partial charge in [0.2, 0.25) is 5.89 Å². The van der Waals surface area contributed by atoms with Crippen molar-refractivity contribution in [2.24, 2.45) is 0 Å². The second-order valence-corrected chi connectivity index (χ2v) is 4.99. The summed E-state index contributed by atoms with van der Waals surface area (Å²) in [7, 11) is 1.73. The molecule has 1 heterocycles. The number of hydrogen-bond donors (Lipinski definition) is 0. The van der Waals surface area contributed by atoms with Gasteiger partial charge in [-0.15, -0.1) is 0 Å². The van der Waals surface area contributed by atoms with E-state index < -0.39 is 0 Å². The molecule has 0 aliphatic heterocycles.